The van der Waals surface area contributed by atoms with Gasteiger partial charge in [-0.05, 0) is 50.9 Å². The number of anilines is 1. The Bertz CT molecular complexity index is 674. The van der Waals surface area contributed by atoms with Crippen molar-refractivity contribution in [2.24, 2.45) is 5.92 Å². The number of carbonyl (C=O) groups is 1. The largest absolute Gasteiger partial charge is 0.384 e. The number of amides is 1. The number of piperidine rings is 1. The predicted molar refractivity (Wildman–Crippen MR) is 92.8 cm³/mol. The summed E-state index contributed by atoms with van der Waals surface area (Å²) in [5, 5.41) is 11.5. The molecule has 130 valence electrons. The lowest BCUT2D eigenvalue weighted by atomic mass is 9.96. The number of halogens is 1. The highest BCUT2D eigenvalue weighted by molar-refractivity contribution is 6.33. The summed E-state index contributed by atoms with van der Waals surface area (Å²) in [4.78, 5) is 28.6. The molecule has 7 nitrogen and oxygen atoms in total. The van der Waals surface area contributed by atoms with Crippen LogP contribution in [0.25, 0.3) is 0 Å². The summed E-state index contributed by atoms with van der Waals surface area (Å²) in [6, 6.07) is 3.45. The molecule has 1 aromatic rings. The van der Waals surface area contributed by atoms with Crippen LogP contribution in [0.3, 0.4) is 0 Å². The Morgan fingerprint density at radius 3 is 2.88 bits per heavy atom. The van der Waals surface area contributed by atoms with Gasteiger partial charge in [0.25, 0.3) is 11.5 Å². The zero-order valence-electron chi connectivity index (χ0n) is 13.5. The molecule has 0 saturated carbocycles. The van der Waals surface area contributed by atoms with Gasteiger partial charge in [-0.3, -0.25) is 9.59 Å². The van der Waals surface area contributed by atoms with Crippen molar-refractivity contribution in [1.82, 2.24) is 15.2 Å². The fraction of sp³-hybridized carbons (Fsp3) is 0.562. The fourth-order valence-electron chi connectivity index (χ4n) is 2.82. The number of aromatic nitrogens is 1. The molecule has 1 aliphatic rings. The van der Waals surface area contributed by atoms with Gasteiger partial charge in [0, 0.05) is 13.0 Å². The van der Waals surface area contributed by atoms with E-state index in [2.05, 4.69) is 21.3 Å². The number of aromatic amines is 1. The molecule has 4 N–H and O–H groups in total. The maximum absolute atomic E-state index is 12.1. The van der Waals surface area contributed by atoms with E-state index in [1.54, 1.807) is 0 Å². The smallest absolute Gasteiger partial charge is 0.262 e. The molecule has 1 saturated heterocycles. The van der Waals surface area contributed by atoms with Crippen LogP contribution < -0.4 is 16.6 Å². The first kappa shape index (κ1) is 18.3. The summed E-state index contributed by atoms with van der Waals surface area (Å²) < 4.78 is 0. The van der Waals surface area contributed by atoms with E-state index in [0.29, 0.717) is 18.9 Å². The van der Waals surface area contributed by atoms with Crippen molar-refractivity contribution >= 4 is 23.3 Å². The number of H-pyrrole nitrogens is 1. The van der Waals surface area contributed by atoms with Crippen LogP contribution in [0, 0.1) is 17.2 Å². The molecule has 0 aliphatic carbocycles. The summed E-state index contributed by atoms with van der Waals surface area (Å²) in [6.07, 6.45) is 3.48. The van der Waals surface area contributed by atoms with Crippen LogP contribution in [-0.2, 0) is 0 Å². The average Bonchev–Trinajstić information content (AvgIpc) is 2.57. The summed E-state index contributed by atoms with van der Waals surface area (Å²) in [5.41, 5.74) is 4.93. The highest BCUT2D eigenvalue weighted by atomic mass is 35.5. The van der Waals surface area contributed by atoms with Crippen molar-refractivity contribution < 1.29 is 4.79 Å². The number of nitriles is 1. The van der Waals surface area contributed by atoms with Crippen molar-refractivity contribution in [2.45, 2.75) is 25.7 Å². The Balaban J connectivity index is 1.79. The van der Waals surface area contributed by atoms with Crippen molar-refractivity contribution in [3.05, 3.63) is 27.0 Å². The zero-order chi connectivity index (χ0) is 17.5. The van der Waals surface area contributed by atoms with Crippen LogP contribution in [0.5, 0.6) is 0 Å². The summed E-state index contributed by atoms with van der Waals surface area (Å²) in [7, 11) is 0. The Hall–Kier alpha value is -2.04. The SMILES string of the molecule is N#CCCCN1CCC(CNC(=O)c2cc(Cl)c(N)[nH]c2=O)CC1. The Kier molecular flexibility index (Phi) is 6.64. The van der Waals surface area contributed by atoms with Crippen LogP contribution in [0.4, 0.5) is 5.82 Å². The molecular weight excluding hydrogens is 330 g/mol. The highest BCUT2D eigenvalue weighted by Gasteiger charge is 2.20. The topological polar surface area (TPSA) is 115 Å². The van der Waals surface area contributed by atoms with E-state index in [9.17, 15) is 9.59 Å². The van der Waals surface area contributed by atoms with Crippen LogP contribution in [0.15, 0.2) is 10.9 Å². The maximum Gasteiger partial charge on any atom is 0.262 e. The third-order valence-electron chi connectivity index (χ3n) is 4.29. The van der Waals surface area contributed by atoms with Crippen molar-refractivity contribution in [1.29, 1.82) is 5.26 Å². The molecule has 0 unspecified atom stereocenters. The van der Waals surface area contributed by atoms with Gasteiger partial charge in [0.05, 0.1) is 11.1 Å². The molecule has 0 spiro atoms. The first-order valence-corrected chi connectivity index (χ1v) is 8.45. The number of nitrogens with one attached hydrogen (secondary N) is 2. The fourth-order valence-corrected chi connectivity index (χ4v) is 2.97. The number of hydrogen-bond acceptors (Lipinski definition) is 5. The number of carbonyl (C=O) groups excluding carboxylic acids is 1. The number of nitrogens with two attached hydrogens (primary N) is 1. The molecule has 2 heterocycles. The molecule has 0 atom stereocenters. The number of likely N-dealkylation sites (tertiary alicyclic amines) is 1. The molecule has 24 heavy (non-hydrogen) atoms. The Labute approximate surface area is 145 Å². The van der Waals surface area contributed by atoms with Gasteiger partial charge in [0.1, 0.15) is 11.4 Å². The minimum Gasteiger partial charge on any atom is -0.384 e. The van der Waals surface area contributed by atoms with E-state index in [0.717, 1.165) is 38.9 Å². The molecular formula is C16H22ClN5O2. The van der Waals surface area contributed by atoms with E-state index in [-0.39, 0.29) is 16.4 Å². The van der Waals surface area contributed by atoms with Crippen molar-refractivity contribution in [3.8, 4) is 6.07 Å². The second-order valence-electron chi connectivity index (χ2n) is 6.03. The summed E-state index contributed by atoms with van der Waals surface area (Å²) >= 11 is 5.85. The van der Waals surface area contributed by atoms with E-state index in [1.165, 1.54) is 6.07 Å². The lowest BCUT2D eigenvalue weighted by molar-refractivity contribution is 0.0934. The maximum atomic E-state index is 12.1. The first-order valence-electron chi connectivity index (χ1n) is 8.07. The van der Waals surface area contributed by atoms with Gasteiger partial charge in [-0.15, -0.1) is 0 Å². The molecule has 2 rings (SSSR count). The van der Waals surface area contributed by atoms with Gasteiger partial charge in [0.15, 0.2) is 0 Å². The molecule has 0 aromatic carbocycles. The van der Waals surface area contributed by atoms with E-state index in [1.807, 2.05) is 0 Å². The minimum atomic E-state index is -0.540. The quantitative estimate of drug-likeness (QED) is 0.669. The molecule has 0 bridgehead atoms. The Morgan fingerprint density at radius 1 is 1.50 bits per heavy atom. The van der Waals surface area contributed by atoms with E-state index < -0.39 is 11.5 Å². The van der Waals surface area contributed by atoms with E-state index >= 15 is 0 Å². The van der Waals surface area contributed by atoms with Gasteiger partial charge in [-0.1, -0.05) is 11.6 Å². The third kappa shape index (κ3) is 4.98. The average molecular weight is 352 g/mol. The minimum absolute atomic E-state index is 0.0249. The van der Waals surface area contributed by atoms with Crippen LogP contribution in [0.1, 0.15) is 36.0 Å². The molecule has 8 heteroatoms. The molecule has 1 fully saturated rings. The Morgan fingerprint density at radius 2 is 2.21 bits per heavy atom. The summed E-state index contributed by atoms with van der Waals surface area (Å²) in [5.74, 6) is 0.0149. The normalized spacial score (nSPS) is 15.8. The zero-order valence-corrected chi connectivity index (χ0v) is 14.2. The van der Waals surface area contributed by atoms with Gasteiger partial charge in [0.2, 0.25) is 0 Å². The van der Waals surface area contributed by atoms with Crippen LogP contribution in [-0.4, -0.2) is 42.0 Å². The molecule has 1 aromatic heterocycles. The van der Waals surface area contributed by atoms with Gasteiger partial charge in [-0.2, -0.15) is 5.26 Å². The number of unbranched alkanes of at least 4 members (excludes halogenated alkanes) is 1. The van der Waals surface area contributed by atoms with Crippen molar-refractivity contribution in [3.63, 3.8) is 0 Å². The third-order valence-corrected chi connectivity index (χ3v) is 4.60. The number of pyridine rings is 1. The van der Waals surface area contributed by atoms with Gasteiger partial charge in [-0.25, -0.2) is 0 Å². The van der Waals surface area contributed by atoms with Gasteiger partial charge >= 0.3 is 0 Å². The van der Waals surface area contributed by atoms with Crippen LogP contribution in [0.2, 0.25) is 5.02 Å². The predicted octanol–water partition coefficient (Wildman–Crippen LogP) is 1.36. The second-order valence-corrected chi connectivity index (χ2v) is 6.44. The number of nitrogen functional groups attached to an aromatic ring is 1. The number of rotatable bonds is 6. The number of nitrogens with zero attached hydrogens (tertiary/aromatic N) is 2. The summed E-state index contributed by atoms with van der Waals surface area (Å²) in [6.45, 7) is 3.43. The van der Waals surface area contributed by atoms with Crippen molar-refractivity contribution in [2.75, 3.05) is 31.9 Å². The second kappa shape index (κ2) is 8.71. The number of hydrogen-bond donors (Lipinski definition) is 3. The molecule has 0 radical (unpaired) electrons. The highest BCUT2D eigenvalue weighted by Crippen LogP contribution is 2.17. The monoisotopic (exact) mass is 351 g/mol. The standard InChI is InChI=1S/C16H22ClN5O2/c17-13-9-12(16(24)21-14(13)19)15(23)20-10-11-3-7-22(8-4-11)6-2-1-5-18/h9,11H,1-4,6-8,10H2,(H,20,23)(H3,19,21,24). The van der Waals surface area contributed by atoms with E-state index in [4.69, 9.17) is 22.6 Å². The lowest BCUT2D eigenvalue weighted by Gasteiger charge is -2.31. The molecule has 1 aliphatic heterocycles. The van der Waals surface area contributed by atoms with Crippen LogP contribution >= 0.6 is 11.6 Å². The first-order chi connectivity index (χ1) is 11.5. The lowest BCUT2D eigenvalue weighted by Crippen LogP contribution is -2.39. The molecule has 1 amide bonds. The van der Waals surface area contributed by atoms with Gasteiger partial charge < -0.3 is 20.9 Å².